The molecule has 0 aliphatic rings. The smallest absolute Gasteiger partial charge is 0.309 e. The molecule has 2 amide bonds. The van der Waals surface area contributed by atoms with Gasteiger partial charge in [-0.2, -0.15) is 0 Å². The van der Waals surface area contributed by atoms with Gasteiger partial charge in [0.25, 0.3) is 0 Å². The predicted octanol–water partition coefficient (Wildman–Crippen LogP) is 0.807. The van der Waals surface area contributed by atoms with Crippen molar-refractivity contribution < 1.29 is 19.1 Å². The molecule has 2 rings (SSSR count). The van der Waals surface area contributed by atoms with Crippen LogP contribution in [-0.2, 0) is 16.1 Å². The fourth-order valence-electron chi connectivity index (χ4n) is 1.51. The van der Waals surface area contributed by atoms with E-state index in [1.54, 1.807) is 6.07 Å². The van der Waals surface area contributed by atoms with Crippen molar-refractivity contribution in [1.29, 1.82) is 0 Å². The van der Waals surface area contributed by atoms with Gasteiger partial charge in [0.2, 0.25) is 0 Å². The van der Waals surface area contributed by atoms with Gasteiger partial charge in [-0.25, -0.2) is 0 Å². The maximum atomic E-state index is 11.5. The zero-order valence-electron chi connectivity index (χ0n) is 10.5. The van der Waals surface area contributed by atoms with Gasteiger partial charge < -0.3 is 20.2 Å². The third kappa shape index (κ3) is 3.94. The van der Waals surface area contributed by atoms with E-state index < -0.39 is 17.9 Å². The minimum absolute atomic E-state index is 0.0508. The van der Waals surface area contributed by atoms with E-state index in [1.165, 1.54) is 23.9 Å². The molecule has 0 aliphatic carbocycles. The molecule has 0 radical (unpaired) electrons. The van der Waals surface area contributed by atoms with Crippen LogP contribution in [0.15, 0.2) is 40.5 Å². The predicted molar refractivity (Wildman–Crippen MR) is 72.8 cm³/mol. The number of aliphatic hydroxyl groups is 1. The van der Waals surface area contributed by atoms with Gasteiger partial charge in [0.1, 0.15) is 0 Å². The number of hydrogen-bond acceptors (Lipinski definition) is 5. The highest BCUT2D eigenvalue weighted by Gasteiger charge is 2.16. The summed E-state index contributed by atoms with van der Waals surface area (Å²) in [6, 6.07) is 5.33. The molecule has 0 saturated carbocycles. The Labute approximate surface area is 119 Å². The number of thiophene rings is 1. The third-order valence-corrected chi connectivity index (χ3v) is 3.47. The monoisotopic (exact) mass is 294 g/mol. The Morgan fingerprint density at radius 3 is 2.75 bits per heavy atom. The van der Waals surface area contributed by atoms with Crippen molar-refractivity contribution >= 4 is 23.2 Å². The summed E-state index contributed by atoms with van der Waals surface area (Å²) in [6.07, 6.45) is 1.91. The number of carbonyl (C=O) groups is 2. The number of aliphatic hydroxyl groups excluding tert-OH is 1. The molecule has 0 saturated heterocycles. The van der Waals surface area contributed by atoms with Crippen LogP contribution in [0.1, 0.15) is 16.5 Å². The van der Waals surface area contributed by atoms with Crippen molar-refractivity contribution in [2.24, 2.45) is 0 Å². The molecule has 1 atom stereocenters. The first-order valence-corrected chi connectivity index (χ1v) is 6.83. The minimum atomic E-state index is -0.900. The summed E-state index contributed by atoms with van der Waals surface area (Å²) in [7, 11) is 0. The van der Waals surface area contributed by atoms with E-state index in [0.29, 0.717) is 12.1 Å². The first-order valence-electron chi connectivity index (χ1n) is 5.95. The van der Waals surface area contributed by atoms with Crippen LogP contribution in [0.2, 0.25) is 0 Å². The van der Waals surface area contributed by atoms with Crippen molar-refractivity contribution in [1.82, 2.24) is 10.6 Å². The molecule has 0 spiro atoms. The van der Waals surface area contributed by atoms with Gasteiger partial charge in [0.15, 0.2) is 0 Å². The van der Waals surface area contributed by atoms with Crippen LogP contribution in [0, 0.1) is 0 Å². The Hall–Kier alpha value is -2.12. The molecule has 3 N–H and O–H groups in total. The number of rotatable bonds is 5. The van der Waals surface area contributed by atoms with Crippen molar-refractivity contribution in [2.45, 2.75) is 12.6 Å². The van der Waals surface area contributed by atoms with Gasteiger partial charge >= 0.3 is 11.8 Å². The lowest BCUT2D eigenvalue weighted by Gasteiger charge is -2.09. The zero-order valence-corrected chi connectivity index (χ0v) is 11.4. The van der Waals surface area contributed by atoms with E-state index in [4.69, 9.17) is 4.42 Å². The second-order valence-electron chi connectivity index (χ2n) is 4.04. The molecule has 0 fully saturated rings. The highest BCUT2D eigenvalue weighted by Crippen LogP contribution is 2.11. The molecule has 0 unspecified atom stereocenters. The maximum Gasteiger partial charge on any atom is 0.309 e. The van der Waals surface area contributed by atoms with Gasteiger partial charge in [-0.3, -0.25) is 9.59 Å². The van der Waals surface area contributed by atoms with Crippen molar-refractivity contribution in [3.05, 3.63) is 46.5 Å². The number of amides is 2. The fourth-order valence-corrected chi connectivity index (χ4v) is 2.16. The number of furan rings is 1. The molecule has 0 bridgehead atoms. The Morgan fingerprint density at radius 1 is 1.30 bits per heavy atom. The molecular weight excluding hydrogens is 280 g/mol. The lowest BCUT2D eigenvalue weighted by atomic mass is 10.2. The first kappa shape index (κ1) is 14.3. The third-order valence-electron chi connectivity index (χ3n) is 2.59. The first-order chi connectivity index (χ1) is 9.66. The van der Waals surface area contributed by atoms with Crippen molar-refractivity contribution in [2.75, 3.05) is 6.54 Å². The molecule has 7 heteroatoms. The standard InChI is InChI=1S/C13H14N2O4S/c16-11(9-3-4-19-8-9)7-15-13(18)12(17)14-6-10-2-1-5-20-10/h1-5,8,11,16H,6-7H2,(H,14,17)(H,15,18)/t11-/m1/s1. The zero-order chi connectivity index (χ0) is 14.4. The lowest BCUT2D eigenvalue weighted by Crippen LogP contribution is -2.41. The van der Waals surface area contributed by atoms with E-state index in [-0.39, 0.29) is 6.54 Å². The summed E-state index contributed by atoms with van der Waals surface area (Å²) in [4.78, 5) is 24.0. The van der Waals surface area contributed by atoms with Crippen LogP contribution >= 0.6 is 11.3 Å². The molecule has 2 aromatic rings. The molecule has 20 heavy (non-hydrogen) atoms. The Balaban J connectivity index is 1.72. The summed E-state index contributed by atoms with van der Waals surface area (Å²) >= 11 is 1.50. The number of carbonyl (C=O) groups excluding carboxylic acids is 2. The lowest BCUT2D eigenvalue weighted by molar-refractivity contribution is -0.139. The molecule has 2 aromatic heterocycles. The average molecular weight is 294 g/mol. The normalized spacial score (nSPS) is 11.8. The second-order valence-corrected chi connectivity index (χ2v) is 5.08. The summed E-state index contributed by atoms with van der Waals surface area (Å²) in [5.41, 5.74) is 0.546. The molecule has 0 aliphatic heterocycles. The summed E-state index contributed by atoms with van der Waals surface area (Å²) in [5, 5.41) is 16.5. The summed E-state index contributed by atoms with van der Waals surface area (Å²) in [5.74, 6) is -1.50. The van der Waals surface area contributed by atoms with Gasteiger partial charge in [-0.15, -0.1) is 11.3 Å². The van der Waals surface area contributed by atoms with Crippen molar-refractivity contribution in [3.63, 3.8) is 0 Å². The highest BCUT2D eigenvalue weighted by atomic mass is 32.1. The van der Waals surface area contributed by atoms with Gasteiger partial charge in [-0.1, -0.05) is 6.07 Å². The Morgan fingerprint density at radius 2 is 2.10 bits per heavy atom. The topological polar surface area (TPSA) is 91.6 Å². The van der Waals surface area contributed by atoms with E-state index in [0.717, 1.165) is 4.88 Å². The van der Waals surface area contributed by atoms with Crippen LogP contribution in [0.5, 0.6) is 0 Å². The largest absolute Gasteiger partial charge is 0.472 e. The van der Waals surface area contributed by atoms with E-state index in [9.17, 15) is 14.7 Å². The number of hydrogen-bond donors (Lipinski definition) is 3. The summed E-state index contributed by atoms with van der Waals surface area (Å²) < 4.78 is 4.82. The van der Waals surface area contributed by atoms with Crippen LogP contribution in [0.4, 0.5) is 0 Å². The van der Waals surface area contributed by atoms with Crippen LogP contribution < -0.4 is 10.6 Å². The Bertz CT molecular complexity index is 551. The Kier molecular flexibility index (Phi) is 4.91. The maximum absolute atomic E-state index is 11.5. The SMILES string of the molecule is O=C(NCc1cccs1)C(=O)NC[C@@H](O)c1ccoc1. The molecular formula is C13H14N2O4S. The molecule has 106 valence electrons. The molecule has 2 heterocycles. The minimum Gasteiger partial charge on any atom is -0.472 e. The fraction of sp³-hybridized carbons (Fsp3) is 0.231. The molecule has 0 aromatic carbocycles. The quantitative estimate of drug-likeness (QED) is 0.712. The average Bonchev–Trinajstić information content (AvgIpc) is 3.13. The van der Waals surface area contributed by atoms with Gasteiger partial charge in [0.05, 0.1) is 25.2 Å². The van der Waals surface area contributed by atoms with Gasteiger partial charge in [-0.05, 0) is 17.5 Å². The number of nitrogens with one attached hydrogen (secondary N) is 2. The van der Waals surface area contributed by atoms with E-state index in [1.807, 2.05) is 17.5 Å². The van der Waals surface area contributed by atoms with Crippen LogP contribution in [0.3, 0.4) is 0 Å². The molecule has 6 nitrogen and oxygen atoms in total. The highest BCUT2D eigenvalue weighted by molar-refractivity contribution is 7.09. The van der Waals surface area contributed by atoms with E-state index in [2.05, 4.69) is 10.6 Å². The van der Waals surface area contributed by atoms with Crippen molar-refractivity contribution in [3.8, 4) is 0 Å². The summed E-state index contributed by atoms with van der Waals surface area (Å²) in [6.45, 7) is 0.263. The van der Waals surface area contributed by atoms with Crippen LogP contribution in [0.25, 0.3) is 0 Å². The van der Waals surface area contributed by atoms with Gasteiger partial charge in [0, 0.05) is 17.0 Å². The second kappa shape index (κ2) is 6.88. The van der Waals surface area contributed by atoms with Crippen LogP contribution in [-0.4, -0.2) is 23.5 Å². The van der Waals surface area contributed by atoms with E-state index >= 15 is 0 Å².